The minimum absolute atomic E-state index is 0.530. The standard InChI is InChI=1S/C10H15N3O2/c1-4-8(10(14)15)13(3)9-7(2)11-5-6-12-9/h5-6,8H,4H2,1-3H3,(H,14,15). The molecule has 0 bridgehead atoms. The van der Waals surface area contributed by atoms with E-state index in [2.05, 4.69) is 9.97 Å². The highest BCUT2D eigenvalue weighted by atomic mass is 16.4. The molecule has 1 aromatic heterocycles. The van der Waals surface area contributed by atoms with Gasteiger partial charge in [-0.05, 0) is 13.3 Å². The van der Waals surface area contributed by atoms with Gasteiger partial charge in [-0.1, -0.05) is 6.92 Å². The van der Waals surface area contributed by atoms with Gasteiger partial charge in [-0.15, -0.1) is 0 Å². The van der Waals surface area contributed by atoms with Crippen LogP contribution >= 0.6 is 0 Å². The van der Waals surface area contributed by atoms with Gasteiger partial charge in [-0.2, -0.15) is 0 Å². The van der Waals surface area contributed by atoms with E-state index in [0.717, 1.165) is 5.69 Å². The second-order valence-corrected chi connectivity index (χ2v) is 3.34. The summed E-state index contributed by atoms with van der Waals surface area (Å²) in [6.07, 6.45) is 3.68. The van der Waals surface area contributed by atoms with Gasteiger partial charge in [0.1, 0.15) is 11.9 Å². The zero-order valence-corrected chi connectivity index (χ0v) is 9.14. The first-order valence-electron chi connectivity index (χ1n) is 4.81. The number of carboxylic acids is 1. The Bertz CT molecular complexity index is 354. The lowest BCUT2D eigenvalue weighted by Gasteiger charge is -2.25. The summed E-state index contributed by atoms with van der Waals surface area (Å²) in [5.74, 6) is -0.225. The summed E-state index contributed by atoms with van der Waals surface area (Å²) in [6.45, 7) is 3.65. The molecule has 0 fully saturated rings. The summed E-state index contributed by atoms with van der Waals surface area (Å²) in [4.78, 5) is 20.8. The fourth-order valence-corrected chi connectivity index (χ4v) is 1.51. The molecule has 0 aromatic carbocycles. The van der Waals surface area contributed by atoms with Crippen molar-refractivity contribution in [2.45, 2.75) is 26.3 Å². The first-order valence-corrected chi connectivity index (χ1v) is 4.81. The maximum absolute atomic E-state index is 11.0. The van der Waals surface area contributed by atoms with Gasteiger partial charge < -0.3 is 10.0 Å². The molecule has 0 aliphatic carbocycles. The van der Waals surface area contributed by atoms with Gasteiger partial charge in [-0.3, -0.25) is 4.98 Å². The molecule has 1 atom stereocenters. The van der Waals surface area contributed by atoms with Crippen molar-refractivity contribution in [2.75, 3.05) is 11.9 Å². The van der Waals surface area contributed by atoms with E-state index < -0.39 is 12.0 Å². The van der Waals surface area contributed by atoms with Crippen LogP contribution in [0.3, 0.4) is 0 Å². The van der Waals surface area contributed by atoms with Crippen LogP contribution in [0.5, 0.6) is 0 Å². The molecule has 0 saturated carbocycles. The van der Waals surface area contributed by atoms with Gasteiger partial charge in [0.25, 0.3) is 0 Å². The van der Waals surface area contributed by atoms with Crippen LogP contribution in [0, 0.1) is 6.92 Å². The number of hydrogen-bond donors (Lipinski definition) is 1. The van der Waals surface area contributed by atoms with Crippen molar-refractivity contribution in [2.24, 2.45) is 0 Å². The van der Waals surface area contributed by atoms with E-state index in [4.69, 9.17) is 5.11 Å². The van der Waals surface area contributed by atoms with Crippen LogP contribution in [0.1, 0.15) is 19.0 Å². The number of nitrogens with zero attached hydrogens (tertiary/aromatic N) is 3. The molecule has 5 heteroatoms. The molecule has 0 spiro atoms. The topological polar surface area (TPSA) is 66.3 Å². The molecule has 1 rings (SSSR count). The Balaban J connectivity index is 2.97. The number of hydrogen-bond acceptors (Lipinski definition) is 4. The number of aryl methyl sites for hydroxylation is 1. The van der Waals surface area contributed by atoms with Crippen LogP contribution in [-0.4, -0.2) is 34.1 Å². The average Bonchev–Trinajstić information content (AvgIpc) is 2.18. The smallest absolute Gasteiger partial charge is 0.326 e. The Morgan fingerprint density at radius 3 is 2.60 bits per heavy atom. The highest BCUT2D eigenvalue weighted by Gasteiger charge is 2.22. The Morgan fingerprint density at radius 2 is 2.13 bits per heavy atom. The second-order valence-electron chi connectivity index (χ2n) is 3.34. The lowest BCUT2D eigenvalue weighted by Crippen LogP contribution is -2.38. The number of carboxylic acid groups (broad SMARTS) is 1. The molecule has 0 saturated heterocycles. The predicted octanol–water partition coefficient (Wildman–Crippen LogP) is 1.08. The van der Waals surface area contributed by atoms with Gasteiger partial charge in [0.15, 0.2) is 0 Å². The molecule has 1 heterocycles. The summed E-state index contributed by atoms with van der Waals surface area (Å²) >= 11 is 0. The largest absolute Gasteiger partial charge is 0.480 e. The van der Waals surface area contributed by atoms with Crippen molar-refractivity contribution in [3.8, 4) is 0 Å². The number of aliphatic carboxylic acids is 1. The first kappa shape index (κ1) is 11.4. The summed E-state index contributed by atoms with van der Waals surface area (Å²) in [7, 11) is 1.72. The number of anilines is 1. The maximum Gasteiger partial charge on any atom is 0.326 e. The fourth-order valence-electron chi connectivity index (χ4n) is 1.51. The van der Waals surface area contributed by atoms with Crippen LogP contribution in [-0.2, 0) is 4.79 Å². The Hall–Kier alpha value is -1.65. The lowest BCUT2D eigenvalue weighted by molar-refractivity contribution is -0.138. The van der Waals surface area contributed by atoms with Crippen molar-refractivity contribution in [1.29, 1.82) is 0 Å². The third-order valence-electron chi connectivity index (χ3n) is 2.33. The Kier molecular flexibility index (Phi) is 3.60. The van der Waals surface area contributed by atoms with E-state index in [0.29, 0.717) is 12.2 Å². The molecule has 5 nitrogen and oxygen atoms in total. The van der Waals surface area contributed by atoms with Gasteiger partial charge in [-0.25, -0.2) is 9.78 Å². The van der Waals surface area contributed by atoms with Gasteiger partial charge in [0, 0.05) is 19.4 Å². The number of aromatic nitrogens is 2. The van der Waals surface area contributed by atoms with Crippen LogP contribution in [0.2, 0.25) is 0 Å². The molecule has 1 unspecified atom stereocenters. The summed E-state index contributed by atoms with van der Waals surface area (Å²) in [5, 5.41) is 9.01. The minimum Gasteiger partial charge on any atom is -0.480 e. The zero-order valence-electron chi connectivity index (χ0n) is 9.14. The molecular formula is C10H15N3O2. The van der Waals surface area contributed by atoms with Crippen molar-refractivity contribution in [1.82, 2.24) is 9.97 Å². The fraction of sp³-hybridized carbons (Fsp3) is 0.500. The molecule has 1 aromatic rings. The van der Waals surface area contributed by atoms with Crippen molar-refractivity contribution in [3.63, 3.8) is 0 Å². The Morgan fingerprint density at radius 1 is 1.53 bits per heavy atom. The average molecular weight is 209 g/mol. The lowest BCUT2D eigenvalue weighted by atomic mass is 10.2. The number of likely N-dealkylation sites (N-methyl/N-ethyl adjacent to an activating group) is 1. The molecule has 15 heavy (non-hydrogen) atoms. The molecular weight excluding hydrogens is 194 g/mol. The van der Waals surface area contributed by atoms with Crippen LogP contribution < -0.4 is 4.90 Å². The maximum atomic E-state index is 11.0. The van der Waals surface area contributed by atoms with Crippen molar-refractivity contribution < 1.29 is 9.90 Å². The van der Waals surface area contributed by atoms with Crippen LogP contribution in [0.25, 0.3) is 0 Å². The summed E-state index contributed by atoms with van der Waals surface area (Å²) in [5.41, 5.74) is 0.736. The third kappa shape index (κ3) is 2.43. The summed E-state index contributed by atoms with van der Waals surface area (Å²) < 4.78 is 0. The van der Waals surface area contributed by atoms with E-state index in [1.54, 1.807) is 24.3 Å². The minimum atomic E-state index is -0.843. The van der Waals surface area contributed by atoms with E-state index in [1.807, 2.05) is 13.8 Å². The first-order chi connectivity index (χ1) is 7.07. The molecule has 0 aliphatic rings. The molecule has 1 N–H and O–H groups in total. The number of carbonyl (C=O) groups is 1. The quantitative estimate of drug-likeness (QED) is 0.803. The second kappa shape index (κ2) is 4.72. The highest BCUT2D eigenvalue weighted by molar-refractivity contribution is 5.77. The monoisotopic (exact) mass is 209 g/mol. The molecule has 82 valence electrons. The number of rotatable bonds is 4. The van der Waals surface area contributed by atoms with Crippen molar-refractivity contribution >= 4 is 11.8 Å². The molecule has 0 aliphatic heterocycles. The zero-order chi connectivity index (χ0) is 11.4. The van der Waals surface area contributed by atoms with E-state index >= 15 is 0 Å². The Labute approximate surface area is 88.8 Å². The normalized spacial score (nSPS) is 12.2. The third-order valence-corrected chi connectivity index (χ3v) is 2.33. The summed E-state index contributed by atoms with van der Waals surface area (Å²) in [6, 6.07) is -0.555. The highest BCUT2D eigenvalue weighted by Crippen LogP contribution is 2.16. The van der Waals surface area contributed by atoms with Crippen LogP contribution in [0.15, 0.2) is 12.4 Å². The molecule has 0 radical (unpaired) electrons. The van der Waals surface area contributed by atoms with E-state index in [9.17, 15) is 4.79 Å². The van der Waals surface area contributed by atoms with Gasteiger partial charge >= 0.3 is 5.97 Å². The predicted molar refractivity (Wildman–Crippen MR) is 56.9 cm³/mol. The SMILES string of the molecule is CCC(C(=O)O)N(C)c1nccnc1C. The van der Waals surface area contributed by atoms with Crippen LogP contribution in [0.4, 0.5) is 5.82 Å². The van der Waals surface area contributed by atoms with E-state index in [-0.39, 0.29) is 0 Å². The van der Waals surface area contributed by atoms with Crippen molar-refractivity contribution in [3.05, 3.63) is 18.1 Å². The van der Waals surface area contributed by atoms with Gasteiger partial charge in [0.2, 0.25) is 0 Å². The molecule has 0 amide bonds. The van der Waals surface area contributed by atoms with E-state index in [1.165, 1.54) is 0 Å². The van der Waals surface area contributed by atoms with Gasteiger partial charge in [0.05, 0.1) is 5.69 Å².